The van der Waals surface area contributed by atoms with E-state index in [4.69, 9.17) is 10.4 Å². The first kappa shape index (κ1) is 10.9. The lowest BCUT2D eigenvalue weighted by molar-refractivity contribution is 0.0695. The van der Waals surface area contributed by atoms with Crippen LogP contribution in [0.25, 0.3) is 6.08 Å². The van der Waals surface area contributed by atoms with Gasteiger partial charge in [-0.15, -0.1) is 0 Å². The molecule has 0 atom stereocenters. The van der Waals surface area contributed by atoms with Gasteiger partial charge >= 0.3 is 5.97 Å². The molecule has 1 rings (SSSR count). The second-order valence-corrected chi connectivity index (χ2v) is 2.62. The van der Waals surface area contributed by atoms with E-state index in [0.717, 1.165) is 12.2 Å². The zero-order valence-electron chi connectivity index (χ0n) is 7.37. The molecule has 1 aromatic carbocycles. The minimum Gasteiger partial charge on any atom is -0.478 e. The van der Waals surface area contributed by atoms with Crippen molar-refractivity contribution in [3.05, 3.63) is 41.0 Å². The molecule has 0 unspecified atom stereocenters. The van der Waals surface area contributed by atoms with Crippen molar-refractivity contribution in [2.75, 3.05) is 0 Å². The molecule has 1 N–H and O–H groups in total. The van der Waals surface area contributed by atoms with Crippen molar-refractivity contribution >= 4 is 12.0 Å². The van der Waals surface area contributed by atoms with Crippen molar-refractivity contribution in [1.29, 1.82) is 5.26 Å². The number of nitriles is 1. The molecule has 1 aromatic rings. The summed E-state index contributed by atoms with van der Waals surface area (Å²) in [5, 5.41) is 16.7. The second kappa shape index (κ2) is 4.33. The summed E-state index contributed by atoms with van der Waals surface area (Å²) in [5.41, 5.74) is -0.902. The Morgan fingerprint density at radius 1 is 1.40 bits per heavy atom. The molecule has 0 bridgehead atoms. The van der Waals surface area contributed by atoms with Gasteiger partial charge in [-0.2, -0.15) is 5.26 Å². The highest BCUT2D eigenvalue weighted by Crippen LogP contribution is 2.16. The summed E-state index contributed by atoms with van der Waals surface area (Å²) < 4.78 is 26.3. The van der Waals surface area contributed by atoms with Crippen LogP contribution in [0.2, 0.25) is 0 Å². The molecule has 0 radical (unpaired) electrons. The average Bonchev–Trinajstić information content (AvgIpc) is 2.16. The van der Waals surface area contributed by atoms with Gasteiger partial charge in [-0.3, -0.25) is 0 Å². The number of carboxylic acids is 1. The molecule has 0 amide bonds. The molecular weight excluding hydrogens is 204 g/mol. The number of rotatable bonds is 2. The van der Waals surface area contributed by atoms with Crippen molar-refractivity contribution in [1.82, 2.24) is 0 Å². The molecule has 3 nitrogen and oxygen atoms in total. The molecule has 0 aromatic heterocycles. The first-order valence-corrected chi connectivity index (χ1v) is 3.84. The summed E-state index contributed by atoms with van der Waals surface area (Å²) in [5.74, 6) is -3.44. The van der Waals surface area contributed by atoms with E-state index in [1.807, 2.05) is 0 Å². The predicted molar refractivity (Wildman–Crippen MR) is 48.0 cm³/mol. The number of carbonyl (C=O) groups is 1. The number of allylic oxidation sites excluding steroid dienone is 1. The molecule has 15 heavy (non-hydrogen) atoms. The Bertz CT molecular complexity index is 452. The van der Waals surface area contributed by atoms with Crippen LogP contribution in [0.1, 0.15) is 15.9 Å². The van der Waals surface area contributed by atoms with Gasteiger partial charge in [-0.05, 0) is 18.2 Å². The molecular formula is C10H5F2NO2. The van der Waals surface area contributed by atoms with E-state index >= 15 is 0 Å². The van der Waals surface area contributed by atoms with E-state index in [9.17, 15) is 13.6 Å². The van der Waals surface area contributed by atoms with E-state index in [2.05, 4.69) is 0 Å². The lowest BCUT2D eigenvalue weighted by atomic mass is 10.1. The summed E-state index contributed by atoms with van der Waals surface area (Å²) in [6.45, 7) is 0. The van der Waals surface area contributed by atoms with Crippen LogP contribution in [0.15, 0.2) is 18.2 Å². The molecule has 0 spiro atoms. The third kappa shape index (κ3) is 2.38. The summed E-state index contributed by atoms with van der Waals surface area (Å²) >= 11 is 0. The minimum atomic E-state index is -1.41. The molecule has 0 saturated heterocycles. The smallest absolute Gasteiger partial charge is 0.335 e. The van der Waals surface area contributed by atoms with Crippen molar-refractivity contribution in [2.24, 2.45) is 0 Å². The lowest BCUT2D eigenvalue weighted by Crippen LogP contribution is -2.00. The Morgan fingerprint density at radius 2 is 1.93 bits per heavy atom. The van der Waals surface area contributed by atoms with Crippen molar-refractivity contribution in [2.45, 2.75) is 0 Å². The fourth-order valence-corrected chi connectivity index (χ4v) is 0.988. The summed E-state index contributed by atoms with van der Waals surface area (Å²) in [7, 11) is 0. The average molecular weight is 209 g/mol. The van der Waals surface area contributed by atoms with Crippen LogP contribution in [-0.4, -0.2) is 11.1 Å². The number of benzene rings is 1. The van der Waals surface area contributed by atoms with Gasteiger partial charge in [0.05, 0.1) is 11.6 Å². The van der Waals surface area contributed by atoms with Crippen LogP contribution < -0.4 is 0 Å². The summed E-state index contributed by atoms with van der Waals surface area (Å²) in [6.07, 6.45) is 1.85. The van der Waals surface area contributed by atoms with Crippen molar-refractivity contribution < 1.29 is 18.7 Å². The highest BCUT2D eigenvalue weighted by atomic mass is 19.1. The maximum atomic E-state index is 13.1. The molecule has 0 heterocycles. The van der Waals surface area contributed by atoms with E-state index in [0.29, 0.717) is 12.1 Å². The quantitative estimate of drug-likeness (QED) is 0.759. The van der Waals surface area contributed by atoms with Crippen molar-refractivity contribution in [3.8, 4) is 6.07 Å². The van der Waals surface area contributed by atoms with Gasteiger partial charge in [-0.1, -0.05) is 0 Å². The topological polar surface area (TPSA) is 61.1 Å². The highest BCUT2D eigenvalue weighted by molar-refractivity contribution is 5.88. The fraction of sp³-hybridized carbons (Fsp3) is 0. The second-order valence-electron chi connectivity index (χ2n) is 2.62. The van der Waals surface area contributed by atoms with Crippen molar-refractivity contribution in [3.63, 3.8) is 0 Å². The van der Waals surface area contributed by atoms with Gasteiger partial charge in [0, 0.05) is 11.6 Å². The Kier molecular flexibility index (Phi) is 3.13. The third-order valence-corrected chi connectivity index (χ3v) is 1.65. The van der Waals surface area contributed by atoms with E-state index in [-0.39, 0.29) is 0 Å². The first-order chi connectivity index (χ1) is 7.06. The number of carboxylic acid groups (broad SMARTS) is 1. The molecule has 0 aliphatic carbocycles. The SMILES string of the molecule is N#CC=Cc1c(F)cc(C(=O)O)cc1F. The van der Waals surface area contributed by atoms with Crippen LogP contribution >= 0.6 is 0 Å². The Morgan fingerprint density at radius 3 is 2.33 bits per heavy atom. The largest absolute Gasteiger partial charge is 0.478 e. The Labute approximate surface area is 83.9 Å². The molecule has 5 heteroatoms. The maximum absolute atomic E-state index is 13.1. The van der Waals surface area contributed by atoms with E-state index in [1.165, 1.54) is 0 Å². The number of hydrogen-bond donors (Lipinski definition) is 1. The normalized spacial score (nSPS) is 10.2. The standard InChI is InChI=1S/C10H5F2NO2/c11-8-4-6(10(14)15)5-9(12)7(8)2-1-3-13/h1-2,4-5H,(H,14,15). The van der Waals surface area contributed by atoms with Crippen LogP contribution in [0, 0.1) is 23.0 Å². The Hall–Kier alpha value is -2.22. The van der Waals surface area contributed by atoms with Gasteiger partial charge < -0.3 is 5.11 Å². The highest BCUT2D eigenvalue weighted by Gasteiger charge is 2.12. The Balaban J connectivity index is 3.28. The molecule has 0 aliphatic heterocycles. The van der Waals surface area contributed by atoms with Gasteiger partial charge in [0.2, 0.25) is 0 Å². The monoisotopic (exact) mass is 209 g/mol. The number of hydrogen-bond acceptors (Lipinski definition) is 2. The molecule has 0 aliphatic rings. The number of aromatic carboxylic acids is 1. The van der Waals surface area contributed by atoms with Crippen LogP contribution in [0.4, 0.5) is 8.78 Å². The molecule has 76 valence electrons. The van der Waals surface area contributed by atoms with Gasteiger partial charge in [0.1, 0.15) is 11.6 Å². The van der Waals surface area contributed by atoms with Gasteiger partial charge in [0.15, 0.2) is 0 Å². The predicted octanol–water partition coefficient (Wildman–Crippen LogP) is 2.20. The van der Waals surface area contributed by atoms with Gasteiger partial charge in [0.25, 0.3) is 0 Å². The first-order valence-electron chi connectivity index (χ1n) is 3.84. The third-order valence-electron chi connectivity index (χ3n) is 1.65. The van der Waals surface area contributed by atoms with Crippen LogP contribution in [0.5, 0.6) is 0 Å². The fourth-order valence-electron chi connectivity index (χ4n) is 0.988. The lowest BCUT2D eigenvalue weighted by Gasteiger charge is -2.00. The zero-order valence-corrected chi connectivity index (χ0v) is 7.37. The van der Waals surface area contributed by atoms with Gasteiger partial charge in [-0.25, -0.2) is 13.6 Å². The number of halogens is 2. The molecule has 0 saturated carbocycles. The zero-order chi connectivity index (χ0) is 11.4. The van der Waals surface area contributed by atoms with Crippen LogP contribution in [-0.2, 0) is 0 Å². The van der Waals surface area contributed by atoms with E-state index in [1.54, 1.807) is 6.07 Å². The maximum Gasteiger partial charge on any atom is 0.335 e. The molecule has 0 fully saturated rings. The summed E-state index contributed by atoms with van der Waals surface area (Å²) in [6, 6.07) is 2.97. The minimum absolute atomic E-state index is 0.429. The number of nitrogens with zero attached hydrogens (tertiary/aromatic N) is 1. The van der Waals surface area contributed by atoms with Crippen LogP contribution in [0.3, 0.4) is 0 Å². The summed E-state index contributed by atoms with van der Waals surface area (Å²) in [4.78, 5) is 10.4. The van der Waals surface area contributed by atoms with E-state index < -0.39 is 28.7 Å².